The molecule has 2 fully saturated rings. The minimum atomic E-state index is -0.110. The summed E-state index contributed by atoms with van der Waals surface area (Å²) in [7, 11) is 0. The third kappa shape index (κ3) is 4.28. The lowest BCUT2D eigenvalue weighted by Gasteiger charge is -2.31. The molecule has 6 nitrogen and oxygen atoms in total. The molecule has 2 amide bonds. The molecule has 2 saturated heterocycles. The molecular weight excluding hydrogens is 354 g/mol. The summed E-state index contributed by atoms with van der Waals surface area (Å²) in [6.07, 6.45) is 3.75. The first-order chi connectivity index (χ1) is 13.6. The van der Waals surface area contributed by atoms with E-state index in [1.165, 1.54) is 0 Å². The monoisotopic (exact) mass is 381 g/mol. The summed E-state index contributed by atoms with van der Waals surface area (Å²) in [6, 6.07) is 11.7. The van der Waals surface area contributed by atoms with Crippen molar-refractivity contribution in [2.45, 2.75) is 38.8 Å². The number of nitrogens with zero attached hydrogens (tertiary/aromatic N) is 2. The van der Waals surface area contributed by atoms with Gasteiger partial charge >= 0.3 is 0 Å². The van der Waals surface area contributed by atoms with Crippen LogP contribution in [0.25, 0.3) is 0 Å². The van der Waals surface area contributed by atoms with E-state index in [0.717, 1.165) is 49.5 Å². The molecule has 1 aromatic carbocycles. The summed E-state index contributed by atoms with van der Waals surface area (Å²) in [6.45, 7) is 5.13. The smallest absolute Gasteiger partial charge is 0.229 e. The molecule has 2 aromatic rings. The molecule has 1 atom stereocenters. The van der Waals surface area contributed by atoms with Gasteiger partial charge in [-0.2, -0.15) is 0 Å². The molecular formula is C22H27N3O3. The number of likely N-dealkylation sites (tertiary alicyclic amines) is 1. The second-order valence-corrected chi connectivity index (χ2v) is 7.88. The minimum Gasteiger partial charge on any atom is -0.468 e. The third-order valence-electron chi connectivity index (χ3n) is 5.70. The van der Waals surface area contributed by atoms with Crippen LogP contribution in [-0.4, -0.2) is 42.4 Å². The number of amides is 2. The van der Waals surface area contributed by atoms with Gasteiger partial charge in [0.25, 0.3) is 0 Å². The highest BCUT2D eigenvalue weighted by molar-refractivity contribution is 5.97. The molecule has 0 radical (unpaired) electrons. The van der Waals surface area contributed by atoms with Crippen LogP contribution in [0.3, 0.4) is 0 Å². The summed E-state index contributed by atoms with van der Waals surface area (Å²) >= 11 is 0. The predicted molar refractivity (Wildman–Crippen MR) is 107 cm³/mol. The molecule has 0 spiro atoms. The van der Waals surface area contributed by atoms with Crippen LogP contribution in [-0.2, 0) is 16.1 Å². The highest BCUT2D eigenvalue weighted by atomic mass is 16.3. The molecule has 4 rings (SSSR count). The topological polar surface area (TPSA) is 65.8 Å². The van der Waals surface area contributed by atoms with Crippen LogP contribution < -0.4 is 10.2 Å². The van der Waals surface area contributed by atoms with E-state index < -0.39 is 0 Å². The summed E-state index contributed by atoms with van der Waals surface area (Å²) in [5.74, 6) is 1.14. The zero-order chi connectivity index (χ0) is 19.5. The second-order valence-electron chi connectivity index (χ2n) is 7.88. The van der Waals surface area contributed by atoms with Crippen molar-refractivity contribution in [1.29, 1.82) is 0 Å². The Labute approximate surface area is 165 Å². The van der Waals surface area contributed by atoms with E-state index in [2.05, 4.69) is 10.2 Å². The SMILES string of the molecule is Cc1cccc(N2C[C@@H](NC(=O)C3CCN(Cc4ccco4)CC3)CC2=O)c1. The Balaban J connectivity index is 1.27. The average Bonchev–Trinajstić information content (AvgIpc) is 3.32. The number of hydrogen-bond donors (Lipinski definition) is 1. The number of rotatable bonds is 5. The molecule has 148 valence electrons. The van der Waals surface area contributed by atoms with Crippen molar-refractivity contribution in [2.24, 2.45) is 5.92 Å². The molecule has 6 heteroatoms. The fraction of sp³-hybridized carbons (Fsp3) is 0.455. The predicted octanol–water partition coefficient (Wildman–Crippen LogP) is 2.72. The van der Waals surface area contributed by atoms with Crippen molar-refractivity contribution >= 4 is 17.5 Å². The number of benzene rings is 1. The fourth-order valence-electron chi connectivity index (χ4n) is 4.14. The van der Waals surface area contributed by atoms with E-state index >= 15 is 0 Å². The van der Waals surface area contributed by atoms with Crippen molar-refractivity contribution < 1.29 is 14.0 Å². The number of hydrogen-bond acceptors (Lipinski definition) is 4. The van der Waals surface area contributed by atoms with Crippen molar-refractivity contribution in [2.75, 3.05) is 24.5 Å². The van der Waals surface area contributed by atoms with Gasteiger partial charge in [0, 0.05) is 24.6 Å². The van der Waals surface area contributed by atoms with Gasteiger partial charge < -0.3 is 14.6 Å². The Kier molecular flexibility index (Phi) is 5.48. The summed E-state index contributed by atoms with van der Waals surface area (Å²) in [5.41, 5.74) is 2.03. The van der Waals surface area contributed by atoms with Crippen molar-refractivity contribution in [3.05, 3.63) is 54.0 Å². The van der Waals surface area contributed by atoms with E-state index in [4.69, 9.17) is 4.42 Å². The summed E-state index contributed by atoms with van der Waals surface area (Å²) in [5, 5.41) is 3.12. The van der Waals surface area contributed by atoms with Gasteiger partial charge in [0.2, 0.25) is 11.8 Å². The number of aryl methyl sites for hydroxylation is 1. The largest absolute Gasteiger partial charge is 0.468 e. The molecule has 1 N–H and O–H groups in total. The number of nitrogens with one attached hydrogen (secondary N) is 1. The van der Waals surface area contributed by atoms with E-state index in [-0.39, 0.29) is 23.8 Å². The molecule has 2 aliphatic heterocycles. The van der Waals surface area contributed by atoms with Crippen LogP contribution in [0.5, 0.6) is 0 Å². The highest BCUT2D eigenvalue weighted by Crippen LogP contribution is 2.24. The Bertz CT molecular complexity index is 825. The Hall–Kier alpha value is -2.60. The number of anilines is 1. The zero-order valence-corrected chi connectivity index (χ0v) is 16.3. The zero-order valence-electron chi connectivity index (χ0n) is 16.3. The van der Waals surface area contributed by atoms with Crippen molar-refractivity contribution in [3.63, 3.8) is 0 Å². The lowest BCUT2D eigenvalue weighted by molar-refractivity contribution is -0.127. The first-order valence-corrected chi connectivity index (χ1v) is 10.0. The maximum Gasteiger partial charge on any atom is 0.229 e. The average molecular weight is 381 g/mol. The van der Waals surface area contributed by atoms with Gasteiger partial charge in [0.05, 0.1) is 18.8 Å². The normalized spacial score (nSPS) is 21.2. The molecule has 0 saturated carbocycles. The number of carbonyl (C=O) groups excluding carboxylic acids is 2. The quantitative estimate of drug-likeness (QED) is 0.865. The Morgan fingerprint density at radius 1 is 1.21 bits per heavy atom. The maximum absolute atomic E-state index is 12.7. The van der Waals surface area contributed by atoms with Crippen molar-refractivity contribution in [1.82, 2.24) is 10.2 Å². The van der Waals surface area contributed by atoms with E-state index in [9.17, 15) is 9.59 Å². The van der Waals surface area contributed by atoms with Crippen molar-refractivity contribution in [3.8, 4) is 0 Å². The van der Waals surface area contributed by atoms with Crippen LogP contribution in [0, 0.1) is 12.8 Å². The van der Waals surface area contributed by atoms with Gasteiger partial charge in [-0.1, -0.05) is 12.1 Å². The van der Waals surface area contributed by atoms with Gasteiger partial charge in [-0.25, -0.2) is 0 Å². The lowest BCUT2D eigenvalue weighted by atomic mass is 9.95. The van der Waals surface area contributed by atoms with Crippen LogP contribution in [0.1, 0.15) is 30.6 Å². The summed E-state index contributed by atoms with van der Waals surface area (Å²) < 4.78 is 5.41. The van der Waals surface area contributed by atoms with E-state index in [1.54, 1.807) is 11.2 Å². The Morgan fingerprint density at radius 2 is 2.04 bits per heavy atom. The van der Waals surface area contributed by atoms with E-state index in [0.29, 0.717) is 13.0 Å². The Morgan fingerprint density at radius 3 is 2.75 bits per heavy atom. The molecule has 28 heavy (non-hydrogen) atoms. The van der Waals surface area contributed by atoms with Gasteiger partial charge in [0.15, 0.2) is 0 Å². The molecule has 3 heterocycles. The first kappa shape index (κ1) is 18.7. The number of furan rings is 1. The number of piperidine rings is 1. The van der Waals surface area contributed by atoms with E-state index in [1.807, 2.05) is 43.3 Å². The molecule has 2 aliphatic rings. The van der Waals surface area contributed by atoms with Crippen LogP contribution >= 0.6 is 0 Å². The van der Waals surface area contributed by atoms with Gasteiger partial charge in [0.1, 0.15) is 5.76 Å². The van der Waals surface area contributed by atoms with Gasteiger partial charge in [-0.05, 0) is 62.7 Å². The highest BCUT2D eigenvalue weighted by Gasteiger charge is 2.33. The number of carbonyl (C=O) groups is 2. The van der Waals surface area contributed by atoms with Gasteiger partial charge in [-0.15, -0.1) is 0 Å². The fourth-order valence-corrected chi connectivity index (χ4v) is 4.14. The molecule has 1 aromatic heterocycles. The molecule has 0 unspecified atom stereocenters. The third-order valence-corrected chi connectivity index (χ3v) is 5.70. The van der Waals surface area contributed by atoms with Crippen LogP contribution in [0.2, 0.25) is 0 Å². The second kappa shape index (κ2) is 8.19. The summed E-state index contributed by atoms with van der Waals surface area (Å²) in [4.78, 5) is 29.2. The van der Waals surface area contributed by atoms with Crippen LogP contribution in [0.15, 0.2) is 47.1 Å². The minimum absolute atomic E-state index is 0.0240. The van der Waals surface area contributed by atoms with Crippen LogP contribution in [0.4, 0.5) is 5.69 Å². The van der Waals surface area contributed by atoms with Gasteiger partial charge in [-0.3, -0.25) is 14.5 Å². The molecule has 0 bridgehead atoms. The molecule has 0 aliphatic carbocycles. The standard InChI is InChI=1S/C22H27N3O3/c1-16-4-2-5-19(12-16)25-14-18(13-21(25)26)23-22(27)17-7-9-24(10-8-17)15-20-6-3-11-28-20/h2-6,11-12,17-18H,7-10,13-15H2,1H3,(H,23,27)/t18-/m0/s1. The first-order valence-electron chi connectivity index (χ1n) is 10.0. The lowest BCUT2D eigenvalue weighted by Crippen LogP contribution is -2.44. The maximum atomic E-state index is 12.7.